The Labute approximate surface area is 102 Å². The summed E-state index contributed by atoms with van der Waals surface area (Å²) in [6.07, 6.45) is 8.46. The molecule has 0 saturated carbocycles. The van der Waals surface area contributed by atoms with E-state index in [9.17, 15) is 4.79 Å². The number of hydrogen-bond donors (Lipinski definition) is 1. The average Bonchev–Trinajstić information content (AvgIpc) is 2.34. The molecule has 4 nitrogen and oxygen atoms in total. The van der Waals surface area contributed by atoms with Crippen molar-refractivity contribution in [1.82, 2.24) is 9.88 Å². The Balaban J connectivity index is 2.60. The van der Waals surface area contributed by atoms with Gasteiger partial charge in [-0.25, -0.2) is 0 Å². The Kier molecular flexibility index (Phi) is 5.02. The average molecular weight is 231 g/mol. The third-order valence-electron chi connectivity index (χ3n) is 2.21. The summed E-state index contributed by atoms with van der Waals surface area (Å²) >= 11 is 0. The molecule has 0 saturated heterocycles. The van der Waals surface area contributed by atoms with Crippen molar-refractivity contribution in [2.24, 2.45) is 0 Å². The van der Waals surface area contributed by atoms with E-state index in [0.717, 1.165) is 25.1 Å². The lowest BCUT2D eigenvalue weighted by Crippen LogP contribution is -2.22. The van der Waals surface area contributed by atoms with Gasteiger partial charge in [-0.05, 0) is 18.6 Å². The number of aromatic nitrogens is 1. The van der Waals surface area contributed by atoms with Gasteiger partial charge in [-0.2, -0.15) is 0 Å². The number of rotatable bonds is 5. The van der Waals surface area contributed by atoms with Gasteiger partial charge >= 0.3 is 0 Å². The fourth-order valence-electron chi connectivity index (χ4n) is 1.31. The van der Waals surface area contributed by atoms with Crippen LogP contribution < -0.4 is 5.32 Å². The number of amides is 1. The van der Waals surface area contributed by atoms with Gasteiger partial charge in [-0.3, -0.25) is 9.78 Å². The smallest absolute Gasteiger partial charge is 0.272 e. The van der Waals surface area contributed by atoms with E-state index in [1.54, 1.807) is 26.4 Å². The van der Waals surface area contributed by atoms with Crippen LogP contribution in [0.1, 0.15) is 23.3 Å². The summed E-state index contributed by atoms with van der Waals surface area (Å²) in [6.45, 7) is 0.795. The highest BCUT2D eigenvalue weighted by molar-refractivity contribution is 5.92. The van der Waals surface area contributed by atoms with E-state index in [2.05, 4.69) is 16.2 Å². The van der Waals surface area contributed by atoms with Crippen molar-refractivity contribution < 1.29 is 4.79 Å². The Morgan fingerprint density at radius 3 is 3.00 bits per heavy atom. The molecular weight excluding hydrogens is 214 g/mol. The number of pyridine rings is 1. The third-order valence-corrected chi connectivity index (χ3v) is 2.21. The molecule has 1 amide bonds. The number of nitrogens with zero attached hydrogens (tertiary/aromatic N) is 2. The highest BCUT2D eigenvalue weighted by Gasteiger charge is 2.09. The van der Waals surface area contributed by atoms with Gasteiger partial charge in [0.1, 0.15) is 5.69 Å². The van der Waals surface area contributed by atoms with Crippen LogP contribution in [0.2, 0.25) is 0 Å². The zero-order valence-corrected chi connectivity index (χ0v) is 10.2. The molecule has 1 aromatic rings. The summed E-state index contributed by atoms with van der Waals surface area (Å²) in [5.74, 6) is 2.49. The Bertz CT molecular complexity index is 421. The highest BCUT2D eigenvalue weighted by Crippen LogP contribution is 2.09. The van der Waals surface area contributed by atoms with Gasteiger partial charge in [0.25, 0.3) is 5.91 Å². The molecule has 4 heteroatoms. The van der Waals surface area contributed by atoms with Crippen molar-refractivity contribution >= 4 is 11.6 Å². The molecule has 0 fully saturated rings. The molecule has 1 aromatic heterocycles. The van der Waals surface area contributed by atoms with Crippen molar-refractivity contribution in [3.8, 4) is 12.3 Å². The first kappa shape index (κ1) is 13.0. The minimum absolute atomic E-state index is 0.0997. The molecule has 1 N–H and O–H groups in total. The topological polar surface area (TPSA) is 45.2 Å². The van der Waals surface area contributed by atoms with Crippen molar-refractivity contribution in [3.63, 3.8) is 0 Å². The van der Waals surface area contributed by atoms with Crippen LogP contribution in [-0.4, -0.2) is 36.4 Å². The zero-order chi connectivity index (χ0) is 12.7. The van der Waals surface area contributed by atoms with E-state index >= 15 is 0 Å². The van der Waals surface area contributed by atoms with Gasteiger partial charge in [-0.1, -0.05) is 0 Å². The van der Waals surface area contributed by atoms with E-state index in [4.69, 9.17) is 6.42 Å². The number of hydrogen-bond acceptors (Lipinski definition) is 3. The fourth-order valence-corrected chi connectivity index (χ4v) is 1.31. The molecule has 90 valence electrons. The van der Waals surface area contributed by atoms with Crippen LogP contribution in [0.5, 0.6) is 0 Å². The van der Waals surface area contributed by atoms with Crippen LogP contribution in [0, 0.1) is 12.3 Å². The molecule has 0 aliphatic carbocycles. The number of carbonyl (C=O) groups excluding carboxylic acids is 1. The van der Waals surface area contributed by atoms with Gasteiger partial charge < -0.3 is 10.2 Å². The summed E-state index contributed by atoms with van der Waals surface area (Å²) in [5.41, 5.74) is 1.33. The maximum Gasteiger partial charge on any atom is 0.272 e. The van der Waals surface area contributed by atoms with Gasteiger partial charge in [0.2, 0.25) is 0 Å². The predicted octanol–water partition coefficient (Wildman–Crippen LogP) is 1.61. The van der Waals surface area contributed by atoms with Crippen molar-refractivity contribution in [2.75, 3.05) is 26.0 Å². The maximum absolute atomic E-state index is 11.7. The summed E-state index contributed by atoms with van der Waals surface area (Å²) in [7, 11) is 3.41. The maximum atomic E-state index is 11.7. The molecule has 0 aromatic carbocycles. The Hall–Kier alpha value is -2.02. The second-order valence-electron chi connectivity index (χ2n) is 3.86. The van der Waals surface area contributed by atoms with Crippen LogP contribution in [0.3, 0.4) is 0 Å². The number of anilines is 1. The highest BCUT2D eigenvalue weighted by atomic mass is 16.2. The molecule has 0 spiro atoms. The number of terminal acetylenes is 1. The monoisotopic (exact) mass is 231 g/mol. The fraction of sp³-hybridized carbons (Fsp3) is 0.385. The van der Waals surface area contributed by atoms with Gasteiger partial charge in [0.15, 0.2) is 0 Å². The molecule has 17 heavy (non-hydrogen) atoms. The van der Waals surface area contributed by atoms with Crippen molar-refractivity contribution in [2.45, 2.75) is 12.8 Å². The summed E-state index contributed by atoms with van der Waals surface area (Å²) in [6, 6.07) is 3.58. The predicted molar refractivity (Wildman–Crippen MR) is 68.8 cm³/mol. The largest absolute Gasteiger partial charge is 0.385 e. The molecule has 1 heterocycles. The first-order valence-corrected chi connectivity index (χ1v) is 5.50. The van der Waals surface area contributed by atoms with E-state index in [1.807, 2.05) is 6.07 Å². The van der Waals surface area contributed by atoms with Crippen molar-refractivity contribution in [3.05, 3.63) is 24.0 Å². The van der Waals surface area contributed by atoms with Crippen LogP contribution in [-0.2, 0) is 0 Å². The number of nitrogens with one attached hydrogen (secondary N) is 1. The van der Waals surface area contributed by atoms with E-state index in [0.29, 0.717) is 5.69 Å². The molecule has 0 unspecified atom stereocenters. The standard InChI is InChI=1S/C13H17N3O/c1-4-5-6-8-14-11-7-9-15-12(10-11)13(17)16(2)3/h1,7,9-10H,5-6,8H2,2-3H3,(H,14,15). The normalized spacial score (nSPS) is 9.47. The molecule has 1 rings (SSSR count). The van der Waals surface area contributed by atoms with Gasteiger partial charge in [-0.15, -0.1) is 12.3 Å². The first-order valence-electron chi connectivity index (χ1n) is 5.50. The van der Waals surface area contributed by atoms with Gasteiger partial charge in [0, 0.05) is 38.9 Å². The molecule has 0 radical (unpaired) electrons. The zero-order valence-electron chi connectivity index (χ0n) is 10.2. The van der Waals surface area contributed by atoms with E-state index in [1.165, 1.54) is 4.90 Å². The third kappa shape index (κ3) is 4.15. The van der Waals surface area contributed by atoms with E-state index < -0.39 is 0 Å². The lowest BCUT2D eigenvalue weighted by Gasteiger charge is -2.11. The second kappa shape index (κ2) is 6.54. The molecule has 0 bridgehead atoms. The van der Waals surface area contributed by atoms with Crippen LogP contribution in [0.15, 0.2) is 18.3 Å². The second-order valence-corrected chi connectivity index (χ2v) is 3.86. The summed E-state index contributed by atoms with van der Waals surface area (Å²) in [4.78, 5) is 17.2. The number of carbonyl (C=O) groups is 1. The quantitative estimate of drug-likeness (QED) is 0.618. The molecule has 0 atom stereocenters. The Morgan fingerprint density at radius 1 is 1.59 bits per heavy atom. The van der Waals surface area contributed by atoms with Gasteiger partial charge in [0.05, 0.1) is 0 Å². The van der Waals surface area contributed by atoms with Crippen LogP contribution >= 0.6 is 0 Å². The lowest BCUT2D eigenvalue weighted by molar-refractivity contribution is 0.0822. The number of unbranched alkanes of at least 4 members (excludes halogenated alkanes) is 1. The molecule has 0 aliphatic heterocycles. The molecular formula is C13H17N3O. The first-order chi connectivity index (χ1) is 8.15. The SMILES string of the molecule is C#CCCCNc1ccnc(C(=O)N(C)C)c1. The van der Waals surface area contributed by atoms with Crippen LogP contribution in [0.4, 0.5) is 5.69 Å². The Morgan fingerprint density at radius 2 is 2.35 bits per heavy atom. The van der Waals surface area contributed by atoms with Crippen LogP contribution in [0.25, 0.3) is 0 Å². The van der Waals surface area contributed by atoms with Crippen molar-refractivity contribution in [1.29, 1.82) is 0 Å². The van der Waals surface area contributed by atoms with E-state index in [-0.39, 0.29) is 5.91 Å². The minimum Gasteiger partial charge on any atom is -0.385 e. The summed E-state index contributed by atoms with van der Waals surface area (Å²) < 4.78 is 0. The molecule has 0 aliphatic rings. The summed E-state index contributed by atoms with van der Waals surface area (Å²) in [5, 5.41) is 3.21. The lowest BCUT2D eigenvalue weighted by atomic mass is 10.2. The minimum atomic E-state index is -0.0997.